The van der Waals surface area contributed by atoms with Crippen LogP contribution in [0.3, 0.4) is 0 Å². The lowest BCUT2D eigenvalue weighted by atomic mass is 10.1. The number of aryl methyl sites for hydroxylation is 1. The van der Waals surface area contributed by atoms with E-state index in [-0.39, 0.29) is 41.3 Å². The van der Waals surface area contributed by atoms with E-state index in [9.17, 15) is 24.2 Å². The number of aromatic carboxylic acids is 1. The number of hydrogen-bond acceptors (Lipinski definition) is 7. The molecular weight excluding hydrogens is 487 g/mol. The number of aliphatic hydroxyl groups is 1. The Labute approximate surface area is 206 Å². The molecule has 34 heavy (non-hydrogen) atoms. The number of nitrogens with one attached hydrogen (secondary N) is 2. The summed E-state index contributed by atoms with van der Waals surface area (Å²) in [6.45, 7) is 3.83. The molecule has 2 heterocycles. The lowest BCUT2D eigenvalue weighted by molar-refractivity contribution is 0.0693. The zero-order valence-electron chi connectivity index (χ0n) is 18.8. The number of benzene rings is 1. The molecule has 1 fully saturated rings. The Hall–Kier alpha value is -2.47. The van der Waals surface area contributed by atoms with Crippen molar-refractivity contribution in [1.82, 2.24) is 14.6 Å². The second-order valence-electron chi connectivity index (χ2n) is 8.08. The molecule has 0 spiro atoms. The number of anilines is 1. The number of aliphatic hydroxyl groups excluding tert-OH is 1. The molecule has 1 saturated heterocycles. The Balaban J connectivity index is 1.49. The fourth-order valence-electron chi connectivity index (χ4n) is 3.78. The van der Waals surface area contributed by atoms with Crippen molar-refractivity contribution in [2.75, 3.05) is 31.6 Å². The molecule has 1 aliphatic rings. The molecule has 1 aromatic heterocycles. The molecule has 2 aromatic rings. The Morgan fingerprint density at radius 1 is 1.38 bits per heavy atom. The number of rotatable bonds is 11. The number of ether oxygens (including phenoxy) is 1. The van der Waals surface area contributed by atoms with E-state index in [1.165, 1.54) is 12.1 Å². The minimum Gasteiger partial charge on any atom is -0.477 e. The summed E-state index contributed by atoms with van der Waals surface area (Å²) >= 11 is 6.78. The third-order valence-electron chi connectivity index (χ3n) is 5.66. The van der Waals surface area contributed by atoms with E-state index in [1.54, 1.807) is 6.92 Å². The third-order valence-corrected chi connectivity index (χ3v) is 6.81. The lowest BCUT2D eigenvalue weighted by Crippen LogP contribution is -2.34. The molecule has 1 aliphatic heterocycles. The van der Waals surface area contributed by atoms with Gasteiger partial charge in [0.2, 0.25) is 5.88 Å². The van der Waals surface area contributed by atoms with E-state index in [0.717, 1.165) is 50.3 Å². The highest BCUT2D eigenvalue weighted by Crippen LogP contribution is 2.31. The van der Waals surface area contributed by atoms with Crippen molar-refractivity contribution in [1.29, 1.82) is 0 Å². The van der Waals surface area contributed by atoms with E-state index in [1.807, 2.05) is 0 Å². The van der Waals surface area contributed by atoms with Crippen LogP contribution < -0.4 is 15.4 Å². The Morgan fingerprint density at radius 3 is 2.91 bits per heavy atom. The van der Waals surface area contributed by atoms with Crippen molar-refractivity contribution in [3.05, 3.63) is 39.7 Å². The summed E-state index contributed by atoms with van der Waals surface area (Å²) in [6, 6.07) is 2.36. The number of aromatic nitrogens is 1. The summed E-state index contributed by atoms with van der Waals surface area (Å²) in [5.41, 5.74) is 0.431. The smallest absolute Gasteiger partial charge is 0.344 e. The fraction of sp³-hybridized carbons (Fsp3) is 0.500. The van der Waals surface area contributed by atoms with Crippen LogP contribution in [0.2, 0.25) is 5.02 Å². The van der Waals surface area contributed by atoms with Crippen molar-refractivity contribution in [3.63, 3.8) is 0 Å². The van der Waals surface area contributed by atoms with Gasteiger partial charge < -0.3 is 20.3 Å². The van der Waals surface area contributed by atoms with Gasteiger partial charge in [0, 0.05) is 23.2 Å². The monoisotopic (exact) mass is 514 g/mol. The molecule has 0 radical (unpaired) electrons. The Kier molecular flexibility index (Phi) is 9.45. The number of carboxylic acids is 1. The predicted molar refractivity (Wildman–Crippen MR) is 127 cm³/mol. The summed E-state index contributed by atoms with van der Waals surface area (Å²) in [4.78, 5) is 26.2. The maximum atomic E-state index is 14.1. The third kappa shape index (κ3) is 6.78. The van der Waals surface area contributed by atoms with E-state index in [4.69, 9.17) is 16.3 Å². The Morgan fingerprint density at radius 2 is 2.18 bits per heavy atom. The van der Waals surface area contributed by atoms with Gasteiger partial charge in [-0.05, 0) is 74.9 Å². The SMILES string of the molecule is Cc1cc(F)c(COc2nsc(NC(=O)NCCCCN3CCCC3CO)c2C(=O)O)cc1Cl. The number of carbonyl (C=O) groups is 2. The zero-order chi connectivity index (χ0) is 24.7. The lowest BCUT2D eigenvalue weighted by Gasteiger charge is -2.22. The molecule has 1 aromatic carbocycles. The molecule has 1 unspecified atom stereocenters. The fourth-order valence-corrected chi connectivity index (χ4v) is 4.69. The molecule has 186 valence electrons. The van der Waals surface area contributed by atoms with Gasteiger partial charge >= 0.3 is 12.0 Å². The molecule has 2 amide bonds. The molecule has 0 bridgehead atoms. The second kappa shape index (κ2) is 12.3. The number of halogens is 2. The van der Waals surface area contributed by atoms with Crippen molar-refractivity contribution < 1.29 is 28.9 Å². The number of unbranched alkanes of at least 4 members (excludes halogenated alkanes) is 1. The number of carboxylic acid groups (broad SMARTS) is 1. The molecule has 4 N–H and O–H groups in total. The first kappa shape index (κ1) is 26.1. The van der Waals surface area contributed by atoms with Gasteiger partial charge in [-0.2, -0.15) is 4.37 Å². The summed E-state index contributed by atoms with van der Waals surface area (Å²) in [5, 5.41) is 24.5. The van der Waals surface area contributed by atoms with Crippen LogP contribution in [0.4, 0.5) is 14.2 Å². The molecule has 3 rings (SSSR count). The standard InChI is InChI=1S/C22H28ClFN4O5S/c1-13-9-17(24)14(10-16(13)23)12-33-19-18(21(30)31)20(34-27-19)26-22(32)25-6-2-3-7-28-8-4-5-15(28)11-29/h9-10,15,29H,2-8,11-12H2,1H3,(H,30,31)(H2,25,26,32). The van der Waals surface area contributed by atoms with Crippen molar-refractivity contribution in [2.24, 2.45) is 0 Å². The minimum absolute atomic E-state index is 0.0188. The predicted octanol–water partition coefficient (Wildman–Crippen LogP) is 3.88. The maximum Gasteiger partial charge on any atom is 0.344 e. The van der Waals surface area contributed by atoms with Gasteiger partial charge in [-0.15, -0.1) is 0 Å². The summed E-state index contributed by atoms with van der Waals surface area (Å²) in [7, 11) is 0. The highest BCUT2D eigenvalue weighted by molar-refractivity contribution is 7.11. The van der Waals surface area contributed by atoms with E-state index in [0.29, 0.717) is 17.1 Å². The minimum atomic E-state index is -1.33. The van der Waals surface area contributed by atoms with Gasteiger partial charge in [-0.1, -0.05) is 11.6 Å². The quantitative estimate of drug-likeness (QED) is 0.335. The Bertz CT molecular complexity index is 1020. The largest absolute Gasteiger partial charge is 0.477 e. The van der Waals surface area contributed by atoms with Gasteiger partial charge in [0.05, 0.1) is 6.61 Å². The van der Waals surface area contributed by atoms with Gasteiger partial charge in [0.1, 0.15) is 17.4 Å². The van der Waals surface area contributed by atoms with Gasteiger partial charge in [-0.25, -0.2) is 14.0 Å². The van der Waals surface area contributed by atoms with Crippen LogP contribution >= 0.6 is 23.1 Å². The molecular formula is C22H28ClFN4O5S. The number of hydrogen-bond donors (Lipinski definition) is 4. The molecule has 9 nitrogen and oxygen atoms in total. The van der Waals surface area contributed by atoms with E-state index < -0.39 is 17.8 Å². The molecule has 12 heteroatoms. The van der Waals surface area contributed by atoms with Crippen LogP contribution in [0.5, 0.6) is 5.88 Å². The highest BCUT2D eigenvalue weighted by Gasteiger charge is 2.24. The van der Waals surface area contributed by atoms with E-state index in [2.05, 4.69) is 19.9 Å². The first-order valence-corrected chi connectivity index (χ1v) is 12.1. The first-order valence-electron chi connectivity index (χ1n) is 11.0. The molecule has 0 aliphatic carbocycles. The topological polar surface area (TPSA) is 124 Å². The van der Waals surface area contributed by atoms with Gasteiger partial charge in [-0.3, -0.25) is 10.2 Å². The van der Waals surface area contributed by atoms with Crippen LogP contribution in [-0.4, -0.2) is 63.8 Å². The summed E-state index contributed by atoms with van der Waals surface area (Å²) in [6.07, 6.45) is 3.72. The normalized spacial score (nSPS) is 15.9. The van der Waals surface area contributed by atoms with Crippen LogP contribution in [0.15, 0.2) is 12.1 Å². The summed E-state index contributed by atoms with van der Waals surface area (Å²) < 4.78 is 23.5. The maximum absolute atomic E-state index is 14.1. The average Bonchev–Trinajstić information content (AvgIpc) is 3.41. The first-order chi connectivity index (χ1) is 16.3. The van der Waals surface area contributed by atoms with Gasteiger partial charge in [0.25, 0.3) is 0 Å². The molecule has 0 saturated carbocycles. The van der Waals surface area contributed by atoms with Gasteiger partial charge in [0.15, 0.2) is 5.56 Å². The van der Waals surface area contributed by atoms with Crippen molar-refractivity contribution in [3.8, 4) is 5.88 Å². The van der Waals surface area contributed by atoms with Crippen molar-refractivity contribution in [2.45, 2.75) is 45.3 Å². The number of amides is 2. The van der Waals surface area contributed by atoms with Crippen molar-refractivity contribution >= 4 is 40.1 Å². The number of urea groups is 1. The van der Waals surface area contributed by atoms with Crippen LogP contribution in [0.25, 0.3) is 0 Å². The number of likely N-dealkylation sites (tertiary alicyclic amines) is 1. The average molecular weight is 515 g/mol. The zero-order valence-corrected chi connectivity index (χ0v) is 20.3. The second-order valence-corrected chi connectivity index (χ2v) is 9.26. The number of nitrogens with zero attached hydrogens (tertiary/aromatic N) is 2. The number of carbonyl (C=O) groups excluding carboxylic acids is 1. The highest BCUT2D eigenvalue weighted by atomic mass is 35.5. The summed E-state index contributed by atoms with van der Waals surface area (Å²) in [5.74, 6) is -2.07. The van der Waals surface area contributed by atoms with E-state index >= 15 is 0 Å². The molecule has 1 atom stereocenters. The van der Waals surface area contributed by atoms with Crippen LogP contribution in [0, 0.1) is 12.7 Å². The van der Waals surface area contributed by atoms with Crippen LogP contribution in [0.1, 0.15) is 47.2 Å². The van der Waals surface area contributed by atoms with Crippen LogP contribution in [-0.2, 0) is 6.61 Å².